The summed E-state index contributed by atoms with van der Waals surface area (Å²) in [5.41, 5.74) is 3.69. The average molecular weight is 201 g/mol. The molecule has 1 nitrogen and oxygen atoms in total. The van der Waals surface area contributed by atoms with E-state index in [0.717, 1.165) is 5.69 Å². The molecule has 1 aromatic rings. The van der Waals surface area contributed by atoms with Crippen LogP contribution in [0.2, 0.25) is 0 Å². The first-order valence-corrected chi connectivity index (χ1v) is 5.41. The molecule has 0 spiro atoms. The Balaban J connectivity index is 3.00. The minimum atomic E-state index is 0.486. The van der Waals surface area contributed by atoms with Crippen LogP contribution >= 0.6 is 0 Å². The van der Waals surface area contributed by atoms with E-state index < -0.39 is 0 Å². The van der Waals surface area contributed by atoms with E-state index in [1.807, 2.05) is 19.2 Å². The number of hydrogen-bond donors (Lipinski definition) is 0. The van der Waals surface area contributed by atoms with E-state index in [1.54, 1.807) is 0 Å². The zero-order valence-corrected chi connectivity index (χ0v) is 9.99. The highest BCUT2D eigenvalue weighted by molar-refractivity contribution is 5.65. The monoisotopic (exact) mass is 201 g/mol. The van der Waals surface area contributed by atoms with Crippen molar-refractivity contribution >= 4 is 5.57 Å². The molecule has 0 atom stereocenters. The first-order chi connectivity index (χ1) is 7.15. The van der Waals surface area contributed by atoms with Gasteiger partial charge in [0, 0.05) is 11.9 Å². The lowest BCUT2D eigenvalue weighted by Crippen LogP contribution is -1.93. The Bertz CT molecular complexity index is 373. The van der Waals surface area contributed by atoms with Crippen molar-refractivity contribution in [2.24, 2.45) is 0 Å². The van der Waals surface area contributed by atoms with Crippen molar-refractivity contribution in [1.82, 2.24) is 4.98 Å². The van der Waals surface area contributed by atoms with E-state index in [-0.39, 0.29) is 0 Å². The highest BCUT2D eigenvalue weighted by atomic mass is 14.7. The summed E-state index contributed by atoms with van der Waals surface area (Å²) in [7, 11) is 0. The quantitative estimate of drug-likeness (QED) is 0.668. The third-order valence-corrected chi connectivity index (χ3v) is 2.37. The van der Waals surface area contributed by atoms with Gasteiger partial charge in [-0.15, -0.1) is 0 Å². The molecule has 0 aliphatic heterocycles. The molecule has 1 heteroatoms. The molecule has 0 radical (unpaired) electrons. The summed E-state index contributed by atoms with van der Waals surface area (Å²) in [5, 5.41) is 0. The van der Waals surface area contributed by atoms with Crippen molar-refractivity contribution in [2.75, 3.05) is 0 Å². The van der Waals surface area contributed by atoms with Crippen LogP contribution in [0.15, 0.2) is 36.6 Å². The molecule has 0 saturated heterocycles. The Hall–Kier alpha value is -1.37. The van der Waals surface area contributed by atoms with Gasteiger partial charge in [0.2, 0.25) is 0 Å². The number of aromatic nitrogens is 1. The molecule has 0 aromatic carbocycles. The van der Waals surface area contributed by atoms with E-state index in [0.29, 0.717) is 5.92 Å². The second-order valence-corrected chi connectivity index (χ2v) is 4.00. The van der Waals surface area contributed by atoms with E-state index in [9.17, 15) is 0 Å². The Kier molecular flexibility index (Phi) is 4.29. The van der Waals surface area contributed by atoms with Crippen LogP contribution in [0.4, 0.5) is 0 Å². The van der Waals surface area contributed by atoms with Crippen molar-refractivity contribution in [3.05, 3.63) is 47.8 Å². The summed E-state index contributed by atoms with van der Waals surface area (Å²) in [6, 6.07) is 4.22. The minimum absolute atomic E-state index is 0.486. The molecule has 0 N–H and O–H groups in total. The van der Waals surface area contributed by atoms with Crippen LogP contribution in [0.1, 0.15) is 44.9 Å². The highest BCUT2D eigenvalue weighted by Gasteiger charge is 2.02. The molecular weight excluding hydrogens is 182 g/mol. The maximum absolute atomic E-state index is 4.36. The summed E-state index contributed by atoms with van der Waals surface area (Å²) in [5.74, 6) is 0.486. The lowest BCUT2D eigenvalue weighted by Gasteiger charge is -2.06. The Labute approximate surface area is 92.6 Å². The normalized spacial score (nSPS) is 12.7. The van der Waals surface area contributed by atoms with Crippen LogP contribution in [-0.2, 0) is 0 Å². The van der Waals surface area contributed by atoms with Crippen LogP contribution in [0.25, 0.3) is 5.57 Å². The predicted octanol–water partition coefficient (Wildman–Crippen LogP) is 4.18. The molecule has 0 fully saturated rings. The predicted molar refractivity (Wildman–Crippen MR) is 66.8 cm³/mol. The van der Waals surface area contributed by atoms with E-state index in [4.69, 9.17) is 0 Å². The largest absolute Gasteiger partial charge is 0.261 e. The third-order valence-electron chi connectivity index (χ3n) is 2.37. The topological polar surface area (TPSA) is 12.9 Å². The van der Waals surface area contributed by atoms with Gasteiger partial charge in [-0.25, -0.2) is 0 Å². The summed E-state index contributed by atoms with van der Waals surface area (Å²) < 4.78 is 0. The van der Waals surface area contributed by atoms with Crippen molar-refractivity contribution in [2.45, 2.75) is 33.6 Å². The number of rotatable bonds is 3. The first-order valence-electron chi connectivity index (χ1n) is 5.41. The molecule has 0 amide bonds. The number of pyridine rings is 1. The Morgan fingerprint density at radius 2 is 2.13 bits per heavy atom. The summed E-state index contributed by atoms with van der Waals surface area (Å²) in [6.07, 6.45) is 8.11. The number of nitrogens with zero attached hydrogens (tertiary/aromatic N) is 1. The van der Waals surface area contributed by atoms with Crippen LogP contribution in [-0.4, -0.2) is 4.98 Å². The molecule has 15 heavy (non-hydrogen) atoms. The van der Waals surface area contributed by atoms with E-state index in [2.05, 4.69) is 50.0 Å². The fraction of sp³-hybridized carbons (Fsp3) is 0.357. The van der Waals surface area contributed by atoms with Crippen LogP contribution in [0, 0.1) is 0 Å². The van der Waals surface area contributed by atoms with Gasteiger partial charge in [-0.3, -0.25) is 4.98 Å². The van der Waals surface area contributed by atoms with Gasteiger partial charge in [0.25, 0.3) is 0 Å². The highest BCUT2D eigenvalue weighted by Crippen LogP contribution is 2.18. The van der Waals surface area contributed by atoms with Gasteiger partial charge >= 0.3 is 0 Å². The van der Waals surface area contributed by atoms with Crippen LogP contribution in [0.5, 0.6) is 0 Å². The second kappa shape index (κ2) is 5.50. The zero-order valence-electron chi connectivity index (χ0n) is 9.99. The Morgan fingerprint density at radius 1 is 1.40 bits per heavy atom. The maximum Gasteiger partial charge on any atom is 0.0435 e. The molecule has 1 rings (SSSR count). The van der Waals surface area contributed by atoms with Gasteiger partial charge in [0.15, 0.2) is 0 Å². The van der Waals surface area contributed by atoms with Gasteiger partial charge < -0.3 is 0 Å². The third kappa shape index (κ3) is 3.35. The summed E-state index contributed by atoms with van der Waals surface area (Å²) >= 11 is 0. The molecule has 0 aliphatic rings. The van der Waals surface area contributed by atoms with E-state index >= 15 is 0 Å². The molecule has 0 aliphatic carbocycles. The van der Waals surface area contributed by atoms with Gasteiger partial charge in [-0.2, -0.15) is 0 Å². The molecule has 0 bridgehead atoms. The first kappa shape index (κ1) is 11.7. The number of hydrogen-bond acceptors (Lipinski definition) is 1. The number of allylic oxidation sites excluding steroid dienone is 4. The molecule has 1 aromatic heterocycles. The lowest BCUT2D eigenvalue weighted by atomic mass is 10.0. The fourth-order valence-electron chi connectivity index (χ4n) is 1.35. The summed E-state index contributed by atoms with van der Waals surface area (Å²) in [4.78, 5) is 4.36. The van der Waals surface area contributed by atoms with Crippen molar-refractivity contribution in [3.8, 4) is 0 Å². The molecule has 0 saturated carbocycles. The smallest absolute Gasteiger partial charge is 0.0435 e. The Morgan fingerprint density at radius 3 is 2.73 bits per heavy atom. The van der Waals surface area contributed by atoms with Gasteiger partial charge in [-0.05, 0) is 43.0 Å². The molecule has 0 unspecified atom stereocenters. The molecule has 1 heterocycles. The fourth-order valence-corrected chi connectivity index (χ4v) is 1.35. The minimum Gasteiger partial charge on any atom is -0.261 e. The lowest BCUT2D eigenvalue weighted by molar-refractivity contribution is 0.822. The standard InChI is InChI=1S/C14H19N/c1-5-6-7-12(4)13-8-9-15-14(10-13)11(2)3/h5-11H,1-4H3/b6-5-,12-7+. The SMILES string of the molecule is C/C=C\C=C(/C)c1ccnc(C(C)C)c1. The van der Waals surface area contributed by atoms with Crippen LogP contribution in [0.3, 0.4) is 0 Å². The van der Waals surface area contributed by atoms with Gasteiger partial charge in [-0.1, -0.05) is 32.1 Å². The molecular formula is C14H19N. The van der Waals surface area contributed by atoms with Crippen molar-refractivity contribution in [3.63, 3.8) is 0 Å². The van der Waals surface area contributed by atoms with Gasteiger partial charge in [0.05, 0.1) is 0 Å². The second-order valence-electron chi connectivity index (χ2n) is 4.00. The molecule has 80 valence electrons. The van der Waals surface area contributed by atoms with Crippen molar-refractivity contribution < 1.29 is 0 Å². The maximum atomic E-state index is 4.36. The van der Waals surface area contributed by atoms with Gasteiger partial charge in [0.1, 0.15) is 0 Å². The van der Waals surface area contributed by atoms with Crippen molar-refractivity contribution in [1.29, 1.82) is 0 Å². The average Bonchev–Trinajstić information content (AvgIpc) is 2.26. The summed E-state index contributed by atoms with van der Waals surface area (Å²) in [6.45, 7) is 8.48. The zero-order chi connectivity index (χ0) is 11.3. The van der Waals surface area contributed by atoms with E-state index in [1.165, 1.54) is 11.1 Å². The van der Waals surface area contributed by atoms with Crippen LogP contribution < -0.4 is 0 Å².